The SMILES string of the molecule is CC(C)CCOCCC(CN)c1cccc(Cl)c1. The normalized spacial score (nSPS) is 12.9. The lowest BCUT2D eigenvalue weighted by molar-refractivity contribution is 0.117. The Morgan fingerprint density at radius 2 is 1.94 bits per heavy atom. The molecule has 0 fully saturated rings. The Hall–Kier alpha value is -0.570. The monoisotopic (exact) mass is 269 g/mol. The first-order chi connectivity index (χ1) is 8.63. The molecular weight excluding hydrogens is 246 g/mol. The van der Waals surface area contributed by atoms with E-state index in [1.165, 1.54) is 5.56 Å². The average molecular weight is 270 g/mol. The van der Waals surface area contributed by atoms with E-state index in [-0.39, 0.29) is 0 Å². The van der Waals surface area contributed by atoms with E-state index in [1.54, 1.807) is 0 Å². The van der Waals surface area contributed by atoms with Gasteiger partial charge in [0.05, 0.1) is 0 Å². The third-order valence-corrected chi connectivity index (χ3v) is 3.29. The Kier molecular flexibility index (Phi) is 7.33. The zero-order valence-corrected chi connectivity index (χ0v) is 12.1. The molecule has 0 radical (unpaired) electrons. The van der Waals surface area contributed by atoms with Gasteiger partial charge in [0.25, 0.3) is 0 Å². The van der Waals surface area contributed by atoms with Gasteiger partial charge in [0.1, 0.15) is 0 Å². The summed E-state index contributed by atoms with van der Waals surface area (Å²) in [7, 11) is 0. The van der Waals surface area contributed by atoms with E-state index in [4.69, 9.17) is 22.1 Å². The quantitative estimate of drug-likeness (QED) is 0.728. The van der Waals surface area contributed by atoms with Gasteiger partial charge in [0.2, 0.25) is 0 Å². The largest absolute Gasteiger partial charge is 0.381 e. The van der Waals surface area contributed by atoms with Gasteiger partial charge in [-0.2, -0.15) is 0 Å². The molecular formula is C15H24ClNO. The molecule has 0 saturated heterocycles. The van der Waals surface area contributed by atoms with E-state index in [9.17, 15) is 0 Å². The molecule has 1 atom stereocenters. The van der Waals surface area contributed by atoms with Gasteiger partial charge in [0, 0.05) is 18.2 Å². The molecule has 0 aliphatic rings. The Morgan fingerprint density at radius 3 is 2.56 bits per heavy atom. The first kappa shape index (κ1) is 15.5. The summed E-state index contributed by atoms with van der Waals surface area (Å²) in [5.41, 5.74) is 7.03. The van der Waals surface area contributed by atoms with Crippen LogP contribution in [0.15, 0.2) is 24.3 Å². The van der Waals surface area contributed by atoms with E-state index in [2.05, 4.69) is 19.9 Å². The molecule has 0 aliphatic carbocycles. The second-order valence-electron chi connectivity index (χ2n) is 5.07. The highest BCUT2D eigenvalue weighted by Crippen LogP contribution is 2.21. The summed E-state index contributed by atoms with van der Waals surface area (Å²) in [6, 6.07) is 7.93. The van der Waals surface area contributed by atoms with Gasteiger partial charge in [-0.25, -0.2) is 0 Å². The van der Waals surface area contributed by atoms with E-state index < -0.39 is 0 Å². The van der Waals surface area contributed by atoms with E-state index in [0.717, 1.165) is 31.1 Å². The molecule has 0 aromatic heterocycles. The van der Waals surface area contributed by atoms with Gasteiger partial charge in [-0.05, 0) is 48.9 Å². The summed E-state index contributed by atoms with van der Waals surface area (Å²) in [6.07, 6.45) is 2.07. The summed E-state index contributed by atoms with van der Waals surface area (Å²) in [5, 5.41) is 0.770. The lowest BCUT2D eigenvalue weighted by Gasteiger charge is -2.16. The Labute approximate surface area is 115 Å². The highest BCUT2D eigenvalue weighted by atomic mass is 35.5. The van der Waals surface area contributed by atoms with Gasteiger partial charge in [-0.1, -0.05) is 37.6 Å². The molecule has 1 unspecified atom stereocenters. The summed E-state index contributed by atoms with van der Waals surface area (Å²) < 4.78 is 5.64. The van der Waals surface area contributed by atoms with E-state index in [0.29, 0.717) is 18.4 Å². The van der Waals surface area contributed by atoms with Crippen molar-refractivity contribution in [3.63, 3.8) is 0 Å². The van der Waals surface area contributed by atoms with Crippen LogP contribution in [-0.2, 0) is 4.74 Å². The molecule has 0 amide bonds. The molecule has 0 aliphatic heterocycles. The molecule has 1 rings (SSSR count). The van der Waals surface area contributed by atoms with Gasteiger partial charge in [-0.3, -0.25) is 0 Å². The van der Waals surface area contributed by atoms with Crippen molar-refractivity contribution in [2.75, 3.05) is 19.8 Å². The maximum absolute atomic E-state index is 5.99. The minimum Gasteiger partial charge on any atom is -0.381 e. The third-order valence-electron chi connectivity index (χ3n) is 3.05. The van der Waals surface area contributed by atoms with E-state index >= 15 is 0 Å². The van der Waals surface area contributed by atoms with Crippen LogP contribution in [-0.4, -0.2) is 19.8 Å². The van der Waals surface area contributed by atoms with E-state index in [1.807, 2.05) is 18.2 Å². The summed E-state index contributed by atoms with van der Waals surface area (Å²) >= 11 is 5.99. The van der Waals surface area contributed by atoms with Crippen molar-refractivity contribution < 1.29 is 4.74 Å². The lowest BCUT2D eigenvalue weighted by atomic mass is 9.96. The van der Waals surface area contributed by atoms with Gasteiger partial charge >= 0.3 is 0 Å². The first-order valence-electron chi connectivity index (χ1n) is 6.66. The number of rotatable bonds is 8. The first-order valence-corrected chi connectivity index (χ1v) is 7.04. The molecule has 0 saturated carbocycles. The topological polar surface area (TPSA) is 35.2 Å². The van der Waals surface area contributed by atoms with Crippen LogP contribution < -0.4 is 5.73 Å². The highest BCUT2D eigenvalue weighted by molar-refractivity contribution is 6.30. The second-order valence-corrected chi connectivity index (χ2v) is 5.51. The van der Waals surface area contributed by atoms with Crippen LogP contribution >= 0.6 is 11.6 Å². The highest BCUT2D eigenvalue weighted by Gasteiger charge is 2.09. The molecule has 0 heterocycles. The summed E-state index contributed by atoms with van der Waals surface area (Å²) in [5.74, 6) is 1.03. The molecule has 3 heteroatoms. The van der Waals surface area contributed by atoms with Crippen molar-refractivity contribution in [1.29, 1.82) is 0 Å². The fourth-order valence-electron chi connectivity index (χ4n) is 1.83. The number of halogens is 1. The Morgan fingerprint density at radius 1 is 1.22 bits per heavy atom. The maximum Gasteiger partial charge on any atom is 0.0472 e. The summed E-state index contributed by atoms with van der Waals surface area (Å²) in [6.45, 7) is 6.65. The zero-order valence-electron chi connectivity index (χ0n) is 11.4. The average Bonchev–Trinajstić information content (AvgIpc) is 2.33. The van der Waals surface area contributed by atoms with Gasteiger partial charge in [0.15, 0.2) is 0 Å². The van der Waals surface area contributed by atoms with Crippen LogP contribution in [0.25, 0.3) is 0 Å². The van der Waals surface area contributed by atoms with Crippen LogP contribution in [0.1, 0.15) is 38.2 Å². The van der Waals surface area contributed by atoms with Crippen LogP contribution in [0.2, 0.25) is 5.02 Å². The smallest absolute Gasteiger partial charge is 0.0472 e. The van der Waals surface area contributed by atoms with Gasteiger partial charge in [-0.15, -0.1) is 0 Å². The molecule has 0 spiro atoms. The van der Waals surface area contributed by atoms with Crippen molar-refractivity contribution in [3.8, 4) is 0 Å². The van der Waals surface area contributed by atoms with Crippen molar-refractivity contribution in [2.24, 2.45) is 11.7 Å². The standard InChI is InChI=1S/C15H24ClNO/c1-12(2)6-8-18-9-7-14(11-17)13-4-3-5-15(16)10-13/h3-5,10,12,14H,6-9,11,17H2,1-2H3. The van der Waals surface area contributed by atoms with Crippen LogP contribution in [0.5, 0.6) is 0 Å². The van der Waals surface area contributed by atoms with Gasteiger partial charge < -0.3 is 10.5 Å². The van der Waals surface area contributed by atoms with Crippen LogP contribution in [0.3, 0.4) is 0 Å². The molecule has 102 valence electrons. The molecule has 2 nitrogen and oxygen atoms in total. The predicted molar refractivity (Wildman–Crippen MR) is 78.1 cm³/mol. The Bertz CT molecular complexity index is 341. The fraction of sp³-hybridized carbons (Fsp3) is 0.600. The van der Waals surface area contributed by atoms with Crippen LogP contribution in [0, 0.1) is 5.92 Å². The minimum atomic E-state index is 0.336. The van der Waals surface area contributed by atoms with Crippen molar-refractivity contribution in [3.05, 3.63) is 34.9 Å². The lowest BCUT2D eigenvalue weighted by Crippen LogP contribution is -2.15. The molecule has 2 N–H and O–H groups in total. The summed E-state index contributed by atoms with van der Waals surface area (Å²) in [4.78, 5) is 0. The third kappa shape index (κ3) is 5.85. The molecule has 18 heavy (non-hydrogen) atoms. The molecule has 0 bridgehead atoms. The van der Waals surface area contributed by atoms with Crippen molar-refractivity contribution >= 4 is 11.6 Å². The molecule has 1 aromatic rings. The predicted octanol–water partition coefficient (Wildman–Crippen LogP) is 3.84. The molecule has 1 aromatic carbocycles. The maximum atomic E-state index is 5.99. The number of hydrogen-bond donors (Lipinski definition) is 1. The number of benzene rings is 1. The minimum absolute atomic E-state index is 0.336. The number of hydrogen-bond acceptors (Lipinski definition) is 2. The number of nitrogens with two attached hydrogens (primary N) is 1. The van der Waals surface area contributed by atoms with Crippen molar-refractivity contribution in [2.45, 2.75) is 32.6 Å². The zero-order chi connectivity index (χ0) is 13.4. The fourth-order valence-corrected chi connectivity index (χ4v) is 2.03. The van der Waals surface area contributed by atoms with Crippen LogP contribution in [0.4, 0.5) is 0 Å². The van der Waals surface area contributed by atoms with Crippen molar-refractivity contribution in [1.82, 2.24) is 0 Å². The second kappa shape index (κ2) is 8.52. The Balaban J connectivity index is 2.34. The number of ether oxygens (including phenoxy) is 1.